The van der Waals surface area contributed by atoms with Gasteiger partial charge in [0.2, 0.25) is 0 Å². The van der Waals surface area contributed by atoms with Crippen molar-refractivity contribution in [3.63, 3.8) is 0 Å². The molecule has 1 aromatic heterocycles. The van der Waals surface area contributed by atoms with Crippen molar-refractivity contribution >= 4 is 0 Å². The molecule has 1 aliphatic rings. The second-order valence-corrected chi connectivity index (χ2v) is 7.70. The second kappa shape index (κ2) is 5.49. The topological polar surface area (TPSA) is 33.1 Å². The van der Waals surface area contributed by atoms with Gasteiger partial charge in [0, 0.05) is 49.5 Å². The Labute approximate surface area is 123 Å². The molecule has 0 aliphatic carbocycles. The highest BCUT2D eigenvalue weighted by molar-refractivity contribution is 5.07. The Morgan fingerprint density at radius 1 is 1.40 bits per heavy atom. The summed E-state index contributed by atoms with van der Waals surface area (Å²) in [4.78, 5) is 2.59. The van der Waals surface area contributed by atoms with Gasteiger partial charge in [-0.3, -0.25) is 9.58 Å². The van der Waals surface area contributed by atoms with Crippen molar-refractivity contribution in [2.45, 2.75) is 66.2 Å². The maximum absolute atomic E-state index is 4.39. The first-order chi connectivity index (χ1) is 9.22. The monoisotopic (exact) mass is 278 g/mol. The molecule has 114 valence electrons. The van der Waals surface area contributed by atoms with Crippen LogP contribution >= 0.6 is 0 Å². The van der Waals surface area contributed by atoms with E-state index in [0.29, 0.717) is 11.5 Å². The van der Waals surface area contributed by atoms with Crippen LogP contribution in [-0.4, -0.2) is 39.4 Å². The van der Waals surface area contributed by atoms with E-state index in [1.165, 1.54) is 5.56 Å². The van der Waals surface area contributed by atoms with E-state index >= 15 is 0 Å². The average molecular weight is 278 g/mol. The summed E-state index contributed by atoms with van der Waals surface area (Å²) in [6.45, 7) is 17.8. The fraction of sp³-hybridized carbons (Fsp3) is 0.812. The standard InChI is InChI=1S/C16H30N4/c1-7-20-10-13(8-18-20)9-19-11-14(15(2,3)4)17-12-16(19,5)6/h8,10,14,17H,7,9,11-12H2,1-6H3. The molecule has 1 aliphatic heterocycles. The van der Waals surface area contributed by atoms with Crippen molar-refractivity contribution < 1.29 is 0 Å². The molecule has 1 atom stereocenters. The Bertz CT molecular complexity index is 442. The lowest BCUT2D eigenvalue weighted by Gasteiger charge is -2.49. The number of hydrogen-bond donors (Lipinski definition) is 1. The molecule has 1 N–H and O–H groups in total. The van der Waals surface area contributed by atoms with E-state index in [4.69, 9.17) is 0 Å². The predicted octanol–water partition coefficient (Wildman–Crippen LogP) is 2.50. The predicted molar refractivity (Wildman–Crippen MR) is 83.6 cm³/mol. The minimum atomic E-state index is 0.191. The van der Waals surface area contributed by atoms with Crippen molar-refractivity contribution in [2.75, 3.05) is 13.1 Å². The van der Waals surface area contributed by atoms with Crippen LogP contribution in [0.15, 0.2) is 12.4 Å². The highest BCUT2D eigenvalue weighted by Crippen LogP contribution is 2.28. The van der Waals surface area contributed by atoms with Gasteiger partial charge < -0.3 is 5.32 Å². The molecule has 0 bridgehead atoms. The number of aromatic nitrogens is 2. The largest absolute Gasteiger partial charge is 0.310 e. The summed E-state index contributed by atoms with van der Waals surface area (Å²) >= 11 is 0. The highest BCUT2D eigenvalue weighted by Gasteiger charge is 2.38. The summed E-state index contributed by atoms with van der Waals surface area (Å²) in [6.07, 6.45) is 4.18. The van der Waals surface area contributed by atoms with Crippen LogP contribution in [0.25, 0.3) is 0 Å². The van der Waals surface area contributed by atoms with Gasteiger partial charge >= 0.3 is 0 Å². The molecule has 2 rings (SSSR count). The van der Waals surface area contributed by atoms with Crippen LogP contribution < -0.4 is 5.32 Å². The summed E-state index contributed by atoms with van der Waals surface area (Å²) in [5, 5.41) is 8.11. The van der Waals surface area contributed by atoms with Gasteiger partial charge in [-0.25, -0.2) is 0 Å². The molecule has 1 fully saturated rings. The fourth-order valence-electron chi connectivity index (χ4n) is 2.76. The molecular formula is C16H30N4. The lowest BCUT2D eigenvalue weighted by atomic mass is 9.82. The van der Waals surface area contributed by atoms with Crippen LogP contribution in [0.3, 0.4) is 0 Å². The van der Waals surface area contributed by atoms with Gasteiger partial charge in [0.25, 0.3) is 0 Å². The molecule has 1 aromatic rings. The Balaban J connectivity index is 2.09. The lowest BCUT2D eigenvalue weighted by molar-refractivity contribution is 0.0295. The summed E-state index contributed by atoms with van der Waals surface area (Å²) in [5.41, 5.74) is 1.80. The van der Waals surface area contributed by atoms with E-state index in [2.05, 4.69) is 63.1 Å². The maximum atomic E-state index is 4.39. The van der Waals surface area contributed by atoms with E-state index < -0.39 is 0 Å². The Hall–Kier alpha value is -0.870. The zero-order chi connectivity index (χ0) is 15.0. The molecule has 0 radical (unpaired) electrons. The fourth-order valence-corrected chi connectivity index (χ4v) is 2.76. The van der Waals surface area contributed by atoms with Gasteiger partial charge in [0.05, 0.1) is 6.20 Å². The molecule has 1 saturated heterocycles. The van der Waals surface area contributed by atoms with E-state index in [-0.39, 0.29) is 5.54 Å². The number of rotatable bonds is 3. The summed E-state index contributed by atoms with van der Waals surface area (Å²) < 4.78 is 2.01. The van der Waals surface area contributed by atoms with Crippen LogP contribution in [-0.2, 0) is 13.1 Å². The van der Waals surface area contributed by atoms with E-state index in [9.17, 15) is 0 Å². The molecule has 0 spiro atoms. The van der Waals surface area contributed by atoms with E-state index in [0.717, 1.165) is 26.2 Å². The van der Waals surface area contributed by atoms with Crippen LogP contribution in [0.5, 0.6) is 0 Å². The van der Waals surface area contributed by atoms with Crippen molar-refractivity contribution in [3.8, 4) is 0 Å². The number of nitrogens with zero attached hydrogens (tertiary/aromatic N) is 3. The van der Waals surface area contributed by atoms with Crippen molar-refractivity contribution in [2.24, 2.45) is 5.41 Å². The van der Waals surface area contributed by atoms with Gasteiger partial charge in [0.15, 0.2) is 0 Å². The van der Waals surface area contributed by atoms with Crippen molar-refractivity contribution in [1.82, 2.24) is 20.0 Å². The molecule has 0 aromatic carbocycles. The maximum Gasteiger partial charge on any atom is 0.0534 e. The summed E-state index contributed by atoms with van der Waals surface area (Å²) in [7, 11) is 0. The Morgan fingerprint density at radius 2 is 2.10 bits per heavy atom. The first-order valence-corrected chi connectivity index (χ1v) is 7.72. The molecule has 1 unspecified atom stereocenters. The van der Waals surface area contributed by atoms with Gasteiger partial charge in [-0.1, -0.05) is 20.8 Å². The molecule has 0 amide bonds. The third kappa shape index (κ3) is 3.41. The third-order valence-electron chi connectivity index (χ3n) is 4.47. The van der Waals surface area contributed by atoms with E-state index in [1.807, 2.05) is 10.9 Å². The zero-order valence-electron chi connectivity index (χ0n) is 13.9. The minimum Gasteiger partial charge on any atom is -0.310 e. The van der Waals surface area contributed by atoms with E-state index in [1.54, 1.807) is 0 Å². The highest BCUT2D eigenvalue weighted by atomic mass is 15.3. The van der Waals surface area contributed by atoms with Crippen LogP contribution in [0.1, 0.15) is 47.1 Å². The smallest absolute Gasteiger partial charge is 0.0534 e. The Kier molecular flexibility index (Phi) is 4.26. The molecular weight excluding hydrogens is 248 g/mol. The Morgan fingerprint density at radius 3 is 2.65 bits per heavy atom. The minimum absolute atomic E-state index is 0.191. The first kappa shape index (κ1) is 15.5. The molecule has 4 nitrogen and oxygen atoms in total. The van der Waals surface area contributed by atoms with Gasteiger partial charge in [-0.05, 0) is 26.2 Å². The lowest BCUT2D eigenvalue weighted by Crippen LogP contribution is -2.64. The zero-order valence-corrected chi connectivity index (χ0v) is 13.9. The molecule has 20 heavy (non-hydrogen) atoms. The third-order valence-corrected chi connectivity index (χ3v) is 4.47. The molecule has 2 heterocycles. The second-order valence-electron chi connectivity index (χ2n) is 7.70. The van der Waals surface area contributed by atoms with Crippen LogP contribution in [0, 0.1) is 5.41 Å². The van der Waals surface area contributed by atoms with Crippen molar-refractivity contribution in [3.05, 3.63) is 18.0 Å². The van der Waals surface area contributed by atoms with Crippen LogP contribution in [0.2, 0.25) is 0 Å². The summed E-state index contributed by atoms with van der Waals surface area (Å²) in [6, 6.07) is 0.539. The number of nitrogens with one attached hydrogen (secondary N) is 1. The van der Waals surface area contributed by atoms with Crippen molar-refractivity contribution in [1.29, 1.82) is 0 Å². The normalized spacial score (nSPS) is 24.0. The van der Waals surface area contributed by atoms with Gasteiger partial charge in [-0.2, -0.15) is 5.10 Å². The van der Waals surface area contributed by atoms with Gasteiger partial charge in [0.1, 0.15) is 0 Å². The van der Waals surface area contributed by atoms with Gasteiger partial charge in [-0.15, -0.1) is 0 Å². The number of piperazine rings is 1. The summed E-state index contributed by atoms with van der Waals surface area (Å²) in [5.74, 6) is 0. The molecule has 4 heteroatoms. The first-order valence-electron chi connectivity index (χ1n) is 7.72. The average Bonchev–Trinajstić information content (AvgIpc) is 2.78. The SMILES string of the molecule is CCn1cc(CN2CC(C(C)(C)C)NCC2(C)C)cn1. The number of hydrogen-bond acceptors (Lipinski definition) is 3. The molecule has 0 saturated carbocycles. The van der Waals surface area contributed by atoms with Crippen LogP contribution in [0.4, 0.5) is 0 Å². The number of aryl methyl sites for hydroxylation is 1. The quantitative estimate of drug-likeness (QED) is 0.922.